The molecule has 0 aliphatic rings. The molecule has 1 aromatic carbocycles. The Labute approximate surface area is 118 Å². The molecule has 0 bridgehead atoms. The van der Waals surface area contributed by atoms with Gasteiger partial charge in [-0.3, -0.25) is 0 Å². The van der Waals surface area contributed by atoms with Crippen LogP contribution in [0.3, 0.4) is 0 Å². The van der Waals surface area contributed by atoms with E-state index in [1.807, 2.05) is 13.8 Å². The Bertz CT molecular complexity index is 584. The second-order valence-electron chi connectivity index (χ2n) is 4.92. The maximum atomic E-state index is 11.1. The van der Waals surface area contributed by atoms with Crippen LogP contribution in [0, 0.1) is 6.92 Å². The van der Waals surface area contributed by atoms with Crippen molar-refractivity contribution >= 4 is 5.97 Å². The topological polar surface area (TPSA) is 63.3 Å². The number of nitrogens with zero attached hydrogens (tertiary/aromatic N) is 1. The molecule has 106 valence electrons. The molecule has 0 saturated heterocycles. The standard InChI is InChI=1S/C16H19NO3/c1-3-4-13-15(16(18)19)20-14(17-13)10-9-12-7-5-11(2)6-8-12/h5-8H,3-4,9-10H2,1-2H3,(H,18,19). The largest absolute Gasteiger partial charge is 0.475 e. The van der Waals surface area contributed by atoms with Crippen molar-refractivity contribution < 1.29 is 14.3 Å². The lowest BCUT2D eigenvalue weighted by Gasteiger charge is -1.99. The average Bonchev–Trinajstić information content (AvgIpc) is 2.82. The van der Waals surface area contributed by atoms with Gasteiger partial charge in [-0.05, 0) is 25.3 Å². The Morgan fingerprint density at radius 1 is 1.20 bits per heavy atom. The van der Waals surface area contributed by atoms with Crippen LogP contribution in [0.2, 0.25) is 0 Å². The third-order valence-electron chi connectivity index (χ3n) is 3.17. The van der Waals surface area contributed by atoms with Crippen LogP contribution in [0.5, 0.6) is 0 Å². The number of aromatic nitrogens is 1. The summed E-state index contributed by atoms with van der Waals surface area (Å²) < 4.78 is 5.36. The van der Waals surface area contributed by atoms with Crippen molar-refractivity contribution in [3.8, 4) is 0 Å². The van der Waals surface area contributed by atoms with Crippen LogP contribution in [-0.2, 0) is 19.3 Å². The summed E-state index contributed by atoms with van der Waals surface area (Å²) in [5.41, 5.74) is 2.98. The number of aromatic carboxylic acids is 1. The minimum Gasteiger partial charge on any atom is -0.475 e. The molecule has 0 unspecified atom stereocenters. The van der Waals surface area contributed by atoms with E-state index in [4.69, 9.17) is 9.52 Å². The van der Waals surface area contributed by atoms with Crippen LogP contribution in [0.15, 0.2) is 28.7 Å². The lowest BCUT2D eigenvalue weighted by molar-refractivity contribution is 0.0658. The van der Waals surface area contributed by atoms with Gasteiger partial charge in [-0.1, -0.05) is 43.2 Å². The van der Waals surface area contributed by atoms with Crippen LogP contribution in [0.1, 0.15) is 46.6 Å². The number of carboxylic acids is 1. The number of hydrogen-bond acceptors (Lipinski definition) is 3. The number of carboxylic acid groups (broad SMARTS) is 1. The summed E-state index contributed by atoms with van der Waals surface area (Å²) in [6, 6.07) is 8.28. The number of benzene rings is 1. The van der Waals surface area contributed by atoms with E-state index >= 15 is 0 Å². The van der Waals surface area contributed by atoms with Crippen LogP contribution >= 0.6 is 0 Å². The normalized spacial score (nSPS) is 10.7. The molecule has 2 aromatic rings. The van der Waals surface area contributed by atoms with Crippen molar-refractivity contribution in [3.63, 3.8) is 0 Å². The first-order chi connectivity index (χ1) is 9.60. The number of rotatable bonds is 6. The van der Waals surface area contributed by atoms with E-state index in [-0.39, 0.29) is 5.76 Å². The van der Waals surface area contributed by atoms with Crippen LogP contribution < -0.4 is 0 Å². The molecule has 0 radical (unpaired) electrons. The Balaban J connectivity index is 2.07. The highest BCUT2D eigenvalue weighted by atomic mass is 16.4. The molecule has 1 heterocycles. The highest BCUT2D eigenvalue weighted by Crippen LogP contribution is 2.15. The summed E-state index contributed by atoms with van der Waals surface area (Å²) in [5, 5.41) is 9.09. The minimum atomic E-state index is -1.04. The van der Waals surface area contributed by atoms with Crippen LogP contribution in [0.25, 0.3) is 0 Å². The molecular formula is C16H19NO3. The predicted octanol–water partition coefficient (Wildman–Crippen LogP) is 3.42. The number of hydrogen-bond donors (Lipinski definition) is 1. The molecule has 0 spiro atoms. The fourth-order valence-corrected chi connectivity index (χ4v) is 2.09. The molecule has 1 aromatic heterocycles. The van der Waals surface area contributed by atoms with E-state index in [1.165, 1.54) is 11.1 Å². The van der Waals surface area contributed by atoms with Gasteiger partial charge in [0.2, 0.25) is 5.76 Å². The predicted molar refractivity (Wildman–Crippen MR) is 76.0 cm³/mol. The molecule has 4 nitrogen and oxygen atoms in total. The van der Waals surface area contributed by atoms with E-state index in [1.54, 1.807) is 0 Å². The molecule has 4 heteroatoms. The van der Waals surface area contributed by atoms with Gasteiger partial charge >= 0.3 is 5.97 Å². The summed E-state index contributed by atoms with van der Waals surface area (Å²) >= 11 is 0. The fourth-order valence-electron chi connectivity index (χ4n) is 2.09. The highest BCUT2D eigenvalue weighted by Gasteiger charge is 2.18. The third kappa shape index (κ3) is 3.47. The van der Waals surface area contributed by atoms with Crippen LogP contribution in [-0.4, -0.2) is 16.1 Å². The van der Waals surface area contributed by atoms with Gasteiger partial charge in [0.05, 0.1) is 5.69 Å². The molecule has 1 N–H and O–H groups in total. The first kappa shape index (κ1) is 14.3. The fraction of sp³-hybridized carbons (Fsp3) is 0.375. The molecule has 2 rings (SSSR count). The lowest BCUT2D eigenvalue weighted by atomic mass is 10.1. The van der Waals surface area contributed by atoms with E-state index in [9.17, 15) is 4.79 Å². The van der Waals surface area contributed by atoms with Gasteiger partial charge in [0.25, 0.3) is 0 Å². The van der Waals surface area contributed by atoms with Gasteiger partial charge in [0.15, 0.2) is 5.89 Å². The minimum absolute atomic E-state index is 0.00856. The van der Waals surface area contributed by atoms with E-state index in [0.717, 1.165) is 12.8 Å². The Morgan fingerprint density at radius 3 is 2.50 bits per heavy atom. The average molecular weight is 273 g/mol. The molecule has 0 amide bonds. The summed E-state index contributed by atoms with van der Waals surface area (Å²) in [7, 11) is 0. The molecular weight excluding hydrogens is 254 g/mol. The summed E-state index contributed by atoms with van der Waals surface area (Å²) in [4.78, 5) is 15.4. The monoisotopic (exact) mass is 273 g/mol. The summed E-state index contributed by atoms with van der Waals surface area (Å²) in [6.07, 6.45) is 2.90. The Kier molecular flexibility index (Phi) is 4.56. The maximum Gasteiger partial charge on any atom is 0.373 e. The highest BCUT2D eigenvalue weighted by molar-refractivity contribution is 5.85. The quantitative estimate of drug-likeness (QED) is 0.876. The summed E-state index contributed by atoms with van der Waals surface area (Å²) in [5.74, 6) is -0.542. The van der Waals surface area contributed by atoms with Crippen molar-refractivity contribution in [2.24, 2.45) is 0 Å². The smallest absolute Gasteiger partial charge is 0.373 e. The lowest BCUT2D eigenvalue weighted by Crippen LogP contribution is -1.99. The number of aryl methyl sites for hydroxylation is 4. The van der Waals surface area contributed by atoms with Crippen molar-refractivity contribution in [2.75, 3.05) is 0 Å². The van der Waals surface area contributed by atoms with Crippen molar-refractivity contribution in [1.29, 1.82) is 0 Å². The van der Waals surface area contributed by atoms with Gasteiger partial charge < -0.3 is 9.52 Å². The van der Waals surface area contributed by atoms with Gasteiger partial charge in [-0.2, -0.15) is 0 Å². The van der Waals surface area contributed by atoms with Crippen LogP contribution in [0.4, 0.5) is 0 Å². The second kappa shape index (κ2) is 6.37. The van der Waals surface area contributed by atoms with E-state index in [0.29, 0.717) is 24.4 Å². The van der Waals surface area contributed by atoms with E-state index < -0.39 is 5.97 Å². The number of carbonyl (C=O) groups is 1. The molecule has 0 aliphatic carbocycles. The zero-order chi connectivity index (χ0) is 14.5. The molecule has 0 saturated carbocycles. The molecule has 0 atom stereocenters. The number of oxazole rings is 1. The van der Waals surface area contributed by atoms with Crippen molar-refractivity contribution in [1.82, 2.24) is 4.98 Å². The molecule has 0 fully saturated rings. The van der Waals surface area contributed by atoms with Gasteiger partial charge in [-0.25, -0.2) is 9.78 Å². The second-order valence-corrected chi connectivity index (χ2v) is 4.92. The van der Waals surface area contributed by atoms with Gasteiger partial charge in [0, 0.05) is 6.42 Å². The summed E-state index contributed by atoms with van der Waals surface area (Å²) in [6.45, 7) is 4.04. The van der Waals surface area contributed by atoms with Gasteiger partial charge in [0.1, 0.15) is 0 Å². The zero-order valence-corrected chi connectivity index (χ0v) is 11.8. The Morgan fingerprint density at radius 2 is 1.90 bits per heavy atom. The molecule has 0 aliphatic heterocycles. The first-order valence-electron chi connectivity index (χ1n) is 6.87. The van der Waals surface area contributed by atoms with E-state index in [2.05, 4.69) is 29.2 Å². The maximum absolute atomic E-state index is 11.1. The Hall–Kier alpha value is -2.10. The SMILES string of the molecule is CCCc1nc(CCc2ccc(C)cc2)oc1C(=O)O. The van der Waals surface area contributed by atoms with Crippen molar-refractivity contribution in [2.45, 2.75) is 39.5 Å². The third-order valence-corrected chi connectivity index (χ3v) is 3.17. The zero-order valence-electron chi connectivity index (χ0n) is 11.8. The van der Waals surface area contributed by atoms with Gasteiger partial charge in [-0.15, -0.1) is 0 Å². The first-order valence-corrected chi connectivity index (χ1v) is 6.87. The van der Waals surface area contributed by atoms with Crippen molar-refractivity contribution in [3.05, 3.63) is 52.7 Å². The molecule has 20 heavy (non-hydrogen) atoms.